The number of ether oxygens (including phenoxy) is 1. The molecule has 2 aromatic carbocycles. The lowest BCUT2D eigenvalue weighted by atomic mass is 10.1. The summed E-state index contributed by atoms with van der Waals surface area (Å²) in [4.78, 5) is 4.39. The van der Waals surface area contributed by atoms with E-state index in [1.54, 1.807) is 36.4 Å². The van der Waals surface area contributed by atoms with Crippen molar-refractivity contribution in [3.63, 3.8) is 0 Å². The Morgan fingerprint density at radius 3 is 2.54 bits per heavy atom. The van der Waals surface area contributed by atoms with Gasteiger partial charge in [-0.2, -0.15) is 0 Å². The van der Waals surface area contributed by atoms with Crippen LogP contribution in [0.3, 0.4) is 0 Å². The highest BCUT2D eigenvalue weighted by Crippen LogP contribution is 2.36. The third kappa shape index (κ3) is 3.11. The highest BCUT2D eigenvalue weighted by atomic mass is 35.5. The fourth-order valence-corrected chi connectivity index (χ4v) is 2.81. The SMILES string of the molecule is COc1cc(C=Cc2ccc3c(Cl)cc(Cl)c(O)c3n2)ccc1O. The fourth-order valence-electron chi connectivity index (χ4n) is 2.29. The smallest absolute Gasteiger partial charge is 0.161 e. The van der Waals surface area contributed by atoms with Crippen LogP contribution < -0.4 is 4.74 Å². The van der Waals surface area contributed by atoms with E-state index in [0.717, 1.165) is 5.56 Å². The Morgan fingerprint density at radius 1 is 1.00 bits per heavy atom. The van der Waals surface area contributed by atoms with Gasteiger partial charge in [0.15, 0.2) is 17.2 Å². The predicted molar refractivity (Wildman–Crippen MR) is 97.0 cm³/mol. The zero-order valence-electron chi connectivity index (χ0n) is 12.6. The summed E-state index contributed by atoms with van der Waals surface area (Å²) in [6, 6.07) is 10.1. The molecule has 1 aromatic heterocycles. The van der Waals surface area contributed by atoms with E-state index in [2.05, 4.69) is 4.98 Å². The van der Waals surface area contributed by atoms with Crippen molar-refractivity contribution in [3.8, 4) is 17.2 Å². The summed E-state index contributed by atoms with van der Waals surface area (Å²) in [6.07, 6.45) is 3.60. The molecule has 0 unspecified atom stereocenters. The van der Waals surface area contributed by atoms with E-state index in [1.165, 1.54) is 13.2 Å². The monoisotopic (exact) mass is 361 g/mol. The zero-order valence-corrected chi connectivity index (χ0v) is 14.1. The molecule has 0 aliphatic heterocycles. The number of rotatable bonds is 3. The minimum atomic E-state index is -0.0994. The van der Waals surface area contributed by atoms with E-state index in [9.17, 15) is 10.2 Å². The van der Waals surface area contributed by atoms with E-state index in [-0.39, 0.29) is 16.5 Å². The lowest BCUT2D eigenvalue weighted by molar-refractivity contribution is 0.373. The van der Waals surface area contributed by atoms with Gasteiger partial charge in [-0.05, 0) is 42.0 Å². The minimum absolute atomic E-state index is 0.0766. The fraction of sp³-hybridized carbons (Fsp3) is 0.0556. The quantitative estimate of drug-likeness (QED) is 0.678. The second-order valence-corrected chi connectivity index (χ2v) is 5.90. The lowest BCUT2D eigenvalue weighted by Crippen LogP contribution is -1.86. The minimum Gasteiger partial charge on any atom is -0.504 e. The molecule has 4 nitrogen and oxygen atoms in total. The molecule has 0 amide bonds. The summed E-state index contributed by atoms with van der Waals surface area (Å²) in [5, 5.41) is 20.9. The third-order valence-corrected chi connectivity index (χ3v) is 4.13. The second kappa shape index (κ2) is 6.59. The van der Waals surface area contributed by atoms with Crippen molar-refractivity contribution < 1.29 is 14.9 Å². The van der Waals surface area contributed by atoms with E-state index < -0.39 is 0 Å². The van der Waals surface area contributed by atoms with Crippen molar-refractivity contribution in [2.45, 2.75) is 0 Å². The number of pyridine rings is 1. The first-order valence-corrected chi connectivity index (χ1v) is 7.78. The van der Waals surface area contributed by atoms with Crippen LogP contribution in [0.1, 0.15) is 11.3 Å². The molecule has 1 heterocycles. The van der Waals surface area contributed by atoms with Crippen molar-refractivity contribution in [3.05, 3.63) is 57.7 Å². The van der Waals surface area contributed by atoms with Crippen LogP contribution in [-0.4, -0.2) is 22.3 Å². The van der Waals surface area contributed by atoms with Gasteiger partial charge in [0.05, 0.1) is 22.8 Å². The van der Waals surface area contributed by atoms with Crippen molar-refractivity contribution in [1.82, 2.24) is 4.98 Å². The van der Waals surface area contributed by atoms with Crippen molar-refractivity contribution >= 4 is 46.3 Å². The molecule has 0 saturated carbocycles. The lowest BCUT2D eigenvalue weighted by Gasteiger charge is -2.06. The third-order valence-electron chi connectivity index (χ3n) is 3.53. The van der Waals surface area contributed by atoms with Gasteiger partial charge < -0.3 is 14.9 Å². The maximum atomic E-state index is 10.1. The van der Waals surface area contributed by atoms with Crippen molar-refractivity contribution in [2.24, 2.45) is 0 Å². The van der Waals surface area contributed by atoms with Crippen molar-refractivity contribution in [1.29, 1.82) is 0 Å². The largest absolute Gasteiger partial charge is 0.504 e. The van der Waals surface area contributed by atoms with Crippen molar-refractivity contribution in [2.75, 3.05) is 7.11 Å². The summed E-state index contributed by atoms with van der Waals surface area (Å²) in [5.41, 5.74) is 1.81. The Morgan fingerprint density at radius 2 is 1.79 bits per heavy atom. The first-order chi connectivity index (χ1) is 11.5. The van der Waals surface area contributed by atoms with Gasteiger partial charge in [0.25, 0.3) is 0 Å². The molecule has 0 atom stereocenters. The Bertz CT molecular complexity index is 955. The standard InChI is InChI=1S/C18H13Cl2NO3/c1-24-16-8-10(3-7-15(16)22)2-4-11-5-6-12-13(19)9-14(20)18(23)17(12)21-11/h2-9,22-23H,1H3. The van der Waals surface area contributed by atoms with Gasteiger partial charge in [-0.15, -0.1) is 0 Å². The molecule has 0 bridgehead atoms. The highest BCUT2D eigenvalue weighted by Gasteiger charge is 2.10. The van der Waals surface area contributed by atoms with Gasteiger partial charge in [-0.3, -0.25) is 0 Å². The number of aromatic nitrogens is 1. The maximum absolute atomic E-state index is 10.1. The zero-order chi connectivity index (χ0) is 17.3. The second-order valence-electron chi connectivity index (χ2n) is 5.09. The number of fused-ring (bicyclic) bond motifs is 1. The highest BCUT2D eigenvalue weighted by molar-refractivity contribution is 6.39. The van der Waals surface area contributed by atoms with E-state index >= 15 is 0 Å². The van der Waals surface area contributed by atoms with E-state index in [1.807, 2.05) is 6.08 Å². The van der Waals surface area contributed by atoms with Gasteiger partial charge in [0.1, 0.15) is 5.52 Å². The van der Waals surface area contributed by atoms with Crippen LogP contribution in [0.2, 0.25) is 10.0 Å². The molecule has 0 spiro atoms. The summed E-state index contributed by atoms with van der Waals surface area (Å²) in [5.74, 6) is 0.366. The van der Waals surface area contributed by atoms with E-state index in [4.69, 9.17) is 27.9 Å². The topological polar surface area (TPSA) is 62.6 Å². The molecule has 0 radical (unpaired) electrons. The van der Waals surface area contributed by atoms with Crippen LogP contribution in [0.15, 0.2) is 36.4 Å². The number of phenolic OH excluding ortho intramolecular Hbond substituents is 2. The van der Waals surface area contributed by atoms with Crippen LogP contribution in [0.5, 0.6) is 17.2 Å². The van der Waals surface area contributed by atoms with Crippen LogP contribution >= 0.6 is 23.2 Å². The normalized spacial score (nSPS) is 11.3. The Kier molecular flexibility index (Phi) is 4.51. The predicted octanol–water partition coefficient (Wildman–Crippen LogP) is 5.13. The molecule has 0 aliphatic carbocycles. The van der Waals surface area contributed by atoms with Gasteiger partial charge in [-0.1, -0.05) is 35.3 Å². The first kappa shape index (κ1) is 16.4. The van der Waals surface area contributed by atoms with Gasteiger partial charge in [0.2, 0.25) is 0 Å². The molecule has 2 N–H and O–H groups in total. The number of benzene rings is 2. The summed E-state index contributed by atoms with van der Waals surface area (Å²) >= 11 is 12.1. The number of nitrogens with zero attached hydrogens (tertiary/aromatic N) is 1. The van der Waals surface area contributed by atoms with Crippen LogP contribution in [0.4, 0.5) is 0 Å². The first-order valence-electron chi connectivity index (χ1n) is 7.02. The maximum Gasteiger partial charge on any atom is 0.161 e. The molecule has 24 heavy (non-hydrogen) atoms. The Balaban J connectivity index is 2.00. The van der Waals surface area contributed by atoms with E-state index in [0.29, 0.717) is 27.4 Å². The summed E-state index contributed by atoms with van der Waals surface area (Å²) in [6.45, 7) is 0. The molecule has 3 rings (SSSR count). The molecule has 0 saturated heterocycles. The average molecular weight is 362 g/mol. The Labute approximate surface area is 148 Å². The van der Waals surface area contributed by atoms with Gasteiger partial charge in [-0.25, -0.2) is 4.98 Å². The van der Waals surface area contributed by atoms with Crippen LogP contribution in [0, 0.1) is 0 Å². The summed E-state index contributed by atoms with van der Waals surface area (Å²) < 4.78 is 5.08. The molecular weight excluding hydrogens is 349 g/mol. The Hall–Kier alpha value is -2.43. The summed E-state index contributed by atoms with van der Waals surface area (Å²) in [7, 11) is 1.49. The van der Waals surface area contributed by atoms with Crippen LogP contribution in [-0.2, 0) is 0 Å². The number of hydrogen-bond donors (Lipinski definition) is 2. The molecule has 3 aromatic rings. The average Bonchev–Trinajstić information content (AvgIpc) is 2.59. The molecular formula is C18H13Cl2NO3. The number of halogens is 2. The number of aromatic hydroxyl groups is 2. The molecule has 6 heteroatoms. The molecule has 0 aliphatic rings. The number of phenols is 2. The van der Waals surface area contributed by atoms with Crippen LogP contribution in [0.25, 0.3) is 23.1 Å². The number of hydrogen-bond acceptors (Lipinski definition) is 4. The molecule has 122 valence electrons. The molecule has 0 fully saturated rings. The number of methoxy groups -OCH3 is 1. The van der Waals surface area contributed by atoms with Gasteiger partial charge in [0, 0.05) is 5.39 Å². The van der Waals surface area contributed by atoms with Gasteiger partial charge >= 0.3 is 0 Å².